The van der Waals surface area contributed by atoms with E-state index in [4.69, 9.17) is 9.72 Å². The maximum atomic E-state index is 12.4. The Labute approximate surface area is 336 Å². The van der Waals surface area contributed by atoms with Crippen molar-refractivity contribution >= 4 is 0 Å². The number of hydrogen-bond acceptors (Lipinski definition) is 4. The van der Waals surface area contributed by atoms with Gasteiger partial charge in [-0.2, -0.15) is 0 Å². The minimum absolute atomic E-state index is 0.190. The third kappa shape index (κ3) is 7.61. The van der Waals surface area contributed by atoms with Gasteiger partial charge in [-0.1, -0.05) is 169 Å². The molecule has 0 aliphatic rings. The van der Waals surface area contributed by atoms with Crippen LogP contribution in [-0.2, 0) is 10.8 Å². The second-order valence-corrected chi connectivity index (χ2v) is 16.5. The molecule has 0 atom stereocenters. The van der Waals surface area contributed by atoms with Crippen LogP contribution in [0.5, 0.6) is 17.4 Å². The molecule has 6 aromatic carbocycles. The summed E-state index contributed by atoms with van der Waals surface area (Å²) in [5.74, 6) is 2.01. The normalized spacial score (nSPS) is 11.8. The minimum Gasteiger partial charge on any atom is -0.507 e. The molecule has 1 N–H and O–H groups in total. The summed E-state index contributed by atoms with van der Waals surface area (Å²) in [5, 5.41) is 12.4. The lowest BCUT2D eigenvalue weighted by Gasteiger charge is -2.28. The summed E-state index contributed by atoms with van der Waals surface area (Å²) < 4.78 is 8.71. The molecule has 5 heteroatoms. The van der Waals surface area contributed by atoms with E-state index in [1.54, 1.807) is 6.20 Å². The van der Waals surface area contributed by atoms with Crippen LogP contribution in [0.1, 0.15) is 52.7 Å². The third-order valence-electron chi connectivity index (χ3n) is 10.4. The number of rotatable bonds is 8. The molecule has 0 radical (unpaired) electrons. The quantitative estimate of drug-likeness (QED) is 0.168. The largest absolute Gasteiger partial charge is 0.507 e. The monoisotopic (exact) mass is 745 g/mol. The van der Waals surface area contributed by atoms with Crippen molar-refractivity contribution in [2.24, 2.45) is 0 Å². The Bertz CT molecular complexity index is 2670. The Hall–Kier alpha value is -6.72. The van der Waals surface area contributed by atoms with E-state index in [-0.39, 0.29) is 16.6 Å². The van der Waals surface area contributed by atoms with E-state index in [2.05, 4.69) is 154 Å². The zero-order valence-electron chi connectivity index (χ0n) is 33.4. The highest BCUT2D eigenvalue weighted by atomic mass is 16.5. The number of pyridine rings is 1. The molecular weight excluding hydrogens is 699 g/mol. The molecule has 57 heavy (non-hydrogen) atoms. The van der Waals surface area contributed by atoms with Gasteiger partial charge in [0.2, 0.25) is 5.88 Å². The maximum absolute atomic E-state index is 12.4. The number of phenolic OH excluding ortho intramolecular Hbond substituents is 1. The van der Waals surface area contributed by atoms with Crippen LogP contribution in [0.2, 0.25) is 0 Å². The summed E-state index contributed by atoms with van der Waals surface area (Å²) in [5.41, 5.74) is 10.8. The molecule has 0 aliphatic carbocycles. The van der Waals surface area contributed by atoms with Crippen molar-refractivity contribution in [2.45, 2.75) is 52.4 Å². The highest BCUT2D eigenvalue weighted by molar-refractivity contribution is 5.88. The molecule has 2 aromatic heterocycles. The molecule has 0 saturated carbocycles. The first-order valence-electron chi connectivity index (χ1n) is 19.5. The molecule has 5 nitrogen and oxygen atoms in total. The highest BCUT2D eigenvalue weighted by Gasteiger charge is 2.30. The van der Waals surface area contributed by atoms with Gasteiger partial charge in [0.05, 0.1) is 22.6 Å². The number of hydrogen-bond donors (Lipinski definition) is 1. The summed E-state index contributed by atoms with van der Waals surface area (Å²) in [6.07, 6.45) is 1.77. The van der Waals surface area contributed by atoms with E-state index >= 15 is 0 Å². The van der Waals surface area contributed by atoms with Crippen LogP contribution in [0, 0.1) is 0 Å². The van der Waals surface area contributed by atoms with Crippen molar-refractivity contribution in [1.29, 1.82) is 0 Å². The summed E-state index contributed by atoms with van der Waals surface area (Å²) in [6, 6.07) is 55.7. The zero-order valence-corrected chi connectivity index (χ0v) is 33.4. The second-order valence-electron chi connectivity index (χ2n) is 16.5. The van der Waals surface area contributed by atoms with Gasteiger partial charge in [-0.05, 0) is 63.4 Å². The van der Waals surface area contributed by atoms with E-state index in [9.17, 15) is 5.11 Å². The average Bonchev–Trinajstić information content (AvgIpc) is 3.62. The fourth-order valence-electron chi connectivity index (χ4n) is 7.34. The molecule has 0 unspecified atom stereocenters. The molecule has 8 aromatic rings. The Morgan fingerprint density at radius 2 is 1.14 bits per heavy atom. The highest BCUT2D eigenvalue weighted by Crippen LogP contribution is 2.47. The summed E-state index contributed by atoms with van der Waals surface area (Å²) in [6.45, 7) is 13.1. The Morgan fingerprint density at radius 3 is 1.81 bits per heavy atom. The number of imidazole rings is 1. The summed E-state index contributed by atoms with van der Waals surface area (Å²) in [7, 11) is 0. The van der Waals surface area contributed by atoms with E-state index in [0.29, 0.717) is 23.0 Å². The van der Waals surface area contributed by atoms with Gasteiger partial charge in [0.25, 0.3) is 0 Å². The van der Waals surface area contributed by atoms with Gasteiger partial charge in [0.15, 0.2) is 0 Å². The van der Waals surface area contributed by atoms with Crippen LogP contribution >= 0.6 is 0 Å². The fraction of sp³-hybridized carbons (Fsp3) is 0.154. The van der Waals surface area contributed by atoms with Gasteiger partial charge in [-0.25, -0.2) is 9.97 Å². The maximum Gasteiger partial charge on any atom is 0.219 e. The van der Waals surface area contributed by atoms with Crippen molar-refractivity contribution in [1.82, 2.24) is 14.5 Å². The lowest BCUT2D eigenvalue weighted by Crippen LogP contribution is -2.17. The Kier molecular flexibility index (Phi) is 9.85. The van der Waals surface area contributed by atoms with Crippen LogP contribution in [0.3, 0.4) is 0 Å². The number of para-hydroxylation sites is 1. The molecular formula is C52H47N3O2. The number of aromatic hydroxyl groups is 1. The van der Waals surface area contributed by atoms with Crippen LogP contribution < -0.4 is 4.74 Å². The minimum atomic E-state index is -0.331. The first kappa shape index (κ1) is 37.2. The van der Waals surface area contributed by atoms with Crippen LogP contribution in [0.25, 0.3) is 61.8 Å². The molecule has 2 heterocycles. The average molecular weight is 746 g/mol. The molecule has 282 valence electrons. The van der Waals surface area contributed by atoms with Crippen LogP contribution in [-0.4, -0.2) is 19.6 Å². The van der Waals surface area contributed by atoms with Gasteiger partial charge in [-0.3, -0.25) is 4.57 Å². The smallest absolute Gasteiger partial charge is 0.219 e. The van der Waals surface area contributed by atoms with E-state index in [1.165, 1.54) is 0 Å². The van der Waals surface area contributed by atoms with Crippen molar-refractivity contribution in [3.8, 4) is 79.2 Å². The molecule has 0 bridgehead atoms. The first-order chi connectivity index (χ1) is 27.5. The van der Waals surface area contributed by atoms with E-state index in [0.717, 1.165) is 61.6 Å². The van der Waals surface area contributed by atoms with Gasteiger partial charge in [-0.15, -0.1) is 0 Å². The van der Waals surface area contributed by atoms with Gasteiger partial charge < -0.3 is 9.84 Å². The standard InChI is InChI=1S/C52H47N3O2/c1-51(2,3)40-33-43(49(56)44(34-40)52(4,5)6)50-54-47(39-25-18-26-41(31-39)57-46-32-38(29-30-53-46)35-19-10-7-11-20-35)48(37-23-14-9-15-24-37)55(50)45-28-17-16-27-42(45)36-21-12-8-13-22-36/h7-34,56H,1-6H3. The predicted molar refractivity (Wildman–Crippen MR) is 234 cm³/mol. The fourth-order valence-corrected chi connectivity index (χ4v) is 7.34. The second kappa shape index (κ2) is 15.1. The van der Waals surface area contributed by atoms with Crippen LogP contribution in [0.4, 0.5) is 0 Å². The number of aromatic nitrogens is 3. The van der Waals surface area contributed by atoms with Gasteiger partial charge >= 0.3 is 0 Å². The molecule has 0 fully saturated rings. The number of ether oxygens (including phenoxy) is 1. The summed E-state index contributed by atoms with van der Waals surface area (Å²) in [4.78, 5) is 10.1. The van der Waals surface area contributed by atoms with E-state index in [1.807, 2.05) is 60.7 Å². The van der Waals surface area contributed by atoms with Gasteiger partial charge in [0.1, 0.15) is 17.3 Å². The first-order valence-corrected chi connectivity index (χ1v) is 19.5. The van der Waals surface area contributed by atoms with Gasteiger partial charge in [0, 0.05) is 34.5 Å². The Morgan fingerprint density at radius 1 is 0.526 bits per heavy atom. The molecule has 8 rings (SSSR count). The van der Waals surface area contributed by atoms with Crippen molar-refractivity contribution in [3.63, 3.8) is 0 Å². The lowest BCUT2D eigenvalue weighted by molar-refractivity contribution is 0.446. The van der Waals surface area contributed by atoms with Crippen molar-refractivity contribution < 1.29 is 9.84 Å². The van der Waals surface area contributed by atoms with Crippen molar-refractivity contribution in [3.05, 3.63) is 181 Å². The Balaban J connectivity index is 1.40. The number of phenols is 1. The van der Waals surface area contributed by atoms with E-state index < -0.39 is 0 Å². The lowest BCUT2D eigenvalue weighted by atomic mass is 9.79. The predicted octanol–water partition coefficient (Wildman–Crippen LogP) is 13.7. The third-order valence-corrected chi connectivity index (χ3v) is 10.4. The SMILES string of the molecule is CC(C)(C)c1cc(-c2nc(-c3cccc(Oc4cc(-c5ccccc5)ccn4)c3)c(-c3ccccc3)n2-c2ccccc2-c2ccccc2)c(O)c(C(C)(C)C)c1. The summed E-state index contributed by atoms with van der Waals surface area (Å²) >= 11 is 0. The molecule has 0 spiro atoms. The van der Waals surface area contributed by atoms with Crippen LogP contribution in [0.15, 0.2) is 170 Å². The zero-order chi connectivity index (χ0) is 39.7. The molecule has 0 aliphatic heterocycles. The van der Waals surface area contributed by atoms with Crippen molar-refractivity contribution in [2.75, 3.05) is 0 Å². The number of nitrogens with zero attached hydrogens (tertiary/aromatic N) is 3. The topological polar surface area (TPSA) is 60.2 Å². The number of benzene rings is 6. The molecule has 0 saturated heterocycles. The molecule has 0 amide bonds.